The average Bonchev–Trinajstić information content (AvgIpc) is 3.05. The molecule has 4 aromatic rings. The highest BCUT2D eigenvalue weighted by Crippen LogP contribution is 2.30. The molecule has 1 atom stereocenters. The molecule has 2 aromatic carbocycles. The van der Waals surface area contributed by atoms with Gasteiger partial charge in [-0.15, -0.1) is 0 Å². The molecule has 5 heteroatoms. The molecule has 1 unspecified atom stereocenters. The highest BCUT2D eigenvalue weighted by Gasteiger charge is 2.16. The van der Waals surface area contributed by atoms with Crippen molar-refractivity contribution >= 4 is 22.9 Å². The van der Waals surface area contributed by atoms with Gasteiger partial charge in [-0.05, 0) is 29.0 Å². The summed E-state index contributed by atoms with van der Waals surface area (Å²) < 4.78 is 5.51. The Morgan fingerprint density at radius 3 is 2.35 bits per heavy atom. The molecule has 0 aliphatic carbocycles. The Morgan fingerprint density at radius 2 is 1.62 bits per heavy atom. The Balaban J connectivity index is 1.58. The van der Waals surface area contributed by atoms with Gasteiger partial charge in [0.05, 0.1) is 11.6 Å². The van der Waals surface area contributed by atoms with E-state index in [1.807, 2.05) is 6.07 Å². The van der Waals surface area contributed by atoms with E-state index in [-0.39, 0.29) is 5.95 Å². The van der Waals surface area contributed by atoms with E-state index < -0.39 is 0 Å². The summed E-state index contributed by atoms with van der Waals surface area (Å²) in [5.41, 5.74) is 16.8. The van der Waals surface area contributed by atoms with Gasteiger partial charge in [-0.2, -0.15) is 9.97 Å². The van der Waals surface area contributed by atoms with Gasteiger partial charge in [0, 0.05) is 5.56 Å². The minimum Gasteiger partial charge on any atom is -0.446 e. The zero-order valence-corrected chi connectivity index (χ0v) is 14.5. The van der Waals surface area contributed by atoms with Crippen LogP contribution in [0.2, 0.25) is 0 Å². The molecule has 0 radical (unpaired) electrons. The molecule has 2 heterocycles. The molecule has 0 amide bonds. The molecule has 0 fully saturated rings. The van der Waals surface area contributed by atoms with E-state index in [0.717, 1.165) is 17.4 Å². The van der Waals surface area contributed by atoms with E-state index in [0.29, 0.717) is 17.4 Å². The molecule has 4 rings (SSSR count). The molecule has 0 bridgehead atoms. The number of fused-ring (bicyclic) bond motifs is 1. The average molecular weight is 344 g/mol. The number of hydrogen-bond donors (Lipinski definition) is 2. The van der Waals surface area contributed by atoms with E-state index in [9.17, 15) is 0 Å². The molecule has 130 valence electrons. The molecular weight excluding hydrogens is 324 g/mol. The minimum absolute atomic E-state index is 0.125. The van der Waals surface area contributed by atoms with E-state index in [2.05, 4.69) is 65.4 Å². The van der Waals surface area contributed by atoms with Crippen molar-refractivity contribution in [2.24, 2.45) is 0 Å². The highest BCUT2D eigenvalue weighted by atomic mass is 16.3. The monoisotopic (exact) mass is 344 g/mol. The molecule has 5 nitrogen and oxygen atoms in total. The number of benzene rings is 2. The summed E-state index contributed by atoms with van der Waals surface area (Å²) in [6.45, 7) is 2.19. The van der Waals surface area contributed by atoms with Crippen LogP contribution < -0.4 is 11.5 Å². The molecular formula is C21H20N4O. The number of nitrogens with zero attached hydrogens (tertiary/aromatic N) is 2. The third-order valence-corrected chi connectivity index (χ3v) is 4.67. The smallest absolute Gasteiger partial charge is 0.233 e. The van der Waals surface area contributed by atoms with Crippen LogP contribution in [0.4, 0.5) is 11.8 Å². The summed E-state index contributed by atoms with van der Waals surface area (Å²) in [6.07, 6.45) is 2.49. The zero-order valence-electron chi connectivity index (χ0n) is 14.5. The lowest BCUT2D eigenvalue weighted by molar-refractivity contribution is 0.595. The first kappa shape index (κ1) is 16.1. The number of anilines is 2. The number of aromatic nitrogens is 2. The highest BCUT2D eigenvalue weighted by molar-refractivity contribution is 5.88. The van der Waals surface area contributed by atoms with Crippen LogP contribution in [-0.2, 0) is 6.42 Å². The number of furan rings is 1. The van der Waals surface area contributed by atoms with Crippen LogP contribution in [-0.4, -0.2) is 9.97 Å². The van der Waals surface area contributed by atoms with Gasteiger partial charge in [-0.3, -0.25) is 0 Å². The molecule has 0 saturated heterocycles. The topological polar surface area (TPSA) is 91.0 Å². The maximum atomic E-state index is 6.01. The third kappa shape index (κ3) is 2.99. The Labute approximate surface area is 151 Å². The lowest BCUT2D eigenvalue weighted by Crippen LogP contribution is -2.02. The number of nitrogen functional groups attached to an aromatic ring is 2. The second-order valence-electron chi connectivity index (χ2n) is 6.50. The summed E-state index contributed by atoms with van der Waals surface area (Å²) >= 11 is 0. The second kappa shape index (κ2) is 6.52. The van der Waals surface area contributed by atoms with Gasteiger partial charge in [0.15, 0.2) is 0 Å². The first-order valence-corrected chi connectivity index (χ1v) is 8.56. The first-order chi connectivity index (χ1) is 12.6. The number of hydrogen-bond acceptors (Lipinski definition) is 5. The van der Waals surface area contributed by atoms with Crippen molar-refractivity contribution < 1.29 is 4.42 Å². The van der Waals surface area contributed by atoms with Crippen LogP contribution in [0.5, 0.6) is 0 Å². The van der Waals surface area contributed by atoms with Crippen molar-refractivity contribution in [3.05, 3.63) is 72.0 Å². The molecule has 2 aromatic heterocycles. The lowest BCUT2D eigenvalue weighted by atomic mass is 9.92. The summed E-state index contributed by atoms with van der Waals surface area (Å²) in [5.74, 6) is 0.793. The number of nitrogens with two attached hydrogens (primary N) is 2. The third-order valence-electron chi connectivity index (χ3n) is 4.67. The van der Waals surface area contributed by atoms with Gasteiger partial charge in [0.1, 0.15) is 5.82 Å². The molecule has 26 heavy (non-hydrogen) atoms. The molecule has 0 aliphatic rings. The van der Waals surface area contributed by atoms with Gasteiger partial charge >= 0.3 is 0 Å². The van der Waals surface area contributed by atoms with Crippen LogP contribution in [0.15, 0.2) is 65.3 Å². The largest absolute Gasteiger partial charge is 0.446 e. The zero-order chi connectivity index (χ0) is 18.1. The van der Waals surface area contributed by atoms with Crippen molar-refractivity contribution in [3.8, 4) is 11.1 Å². The Hall–Kier alpha value is -3.34. The molecule has 4 N–H and O–H groups in total. The molecule has 0 aliphatic heterocycles. The minimum atomic E-state index is 0.125. The van der Waals surface area contributed by atoms with Crippen LogP contribution in [0.3, 0.4) is 0 Å². The predicted molar refractivity (Wildman–Crippen MR) is 105 cm³/mol. The van der Waals surface area contributed by atoms with Gasteiger partial charge in [0.2, 0.25) is 11.7 Å². The normalized spacial score (nSPS) is 12.3. The van der Waals surface area contributed by atoms with Crippen molar-refractivity contribution in [3.63, 3.8) is 0 Å². The van der Waals surface area contributed by atoms with Crippen LogP contribution >= 0.6 is 0 Å². The standard InChI is InChI=1S/C21H20N4O/c1-13(11-17-12-26-20-18(17)19(22)24-21(23)25-20)14-7-9-16(10-8-14)15-5-3-2-4-6-15/h2-10,12-13H,11H2,1H3,(H4,22,23,24,25). The van der Waals surface area contributed by atoms with Crippen molar-refractivity contribution in [2.45, 2.75) is 19.3 Å². The first-order valence-electron chi connectivity index (χ1n) is 8.56. The summed E-state index contributed by atoms with van der Waals surface area (Å²) in [5, 5.41) is 0.756. The fourth-order valence-corrected chi connectivity index (χ4v) is 3.28. The molecule has 0 spiro atoms. The summed E-state index contributed by atoms with van der Waals surface area (Å²) in [4.78, 5) is 8.15. The Bertz CT molecular complexity index is 1040. The summed E-state index contributed by atoms with van der Waals surface area (Å²) in [7, 11) is 0. The lowest BCUT2D eigenvalue weighted by Gasteiger charge is -2.12. The van der Waals surface area contributed by atoms with Gasteiger partial charge in [-0.25, -0.2) is 0 Å². The maximum absolute atomic E-state index is 6.01. The van der Waals surface area contributed by atoms with Crippen LogP contribution in [0, 0.1) is 0 Å². The Morgan fingerprint density at radius 1 is 0.923 bits per heavy atom. The second-order valence-corrected chi connectivity index (χ2v) is 6.50. The predicted octanol–water partition coefficient (Wildman–Crippen LogP) is 4.40. The Kier molecular flexibility index (Phi) is 4.05. The quantitative estimate of drug-likeness (QED) is 0.572. The van der Waals surface area contributed by atoms with Crippen molar-refractivity contribution in [1.82, 2.24) is 9.97 Å². The van der Waals surface area contributed by atoms with Crippen LogP contribution in [0.25, 0.3) is 22.2 Å². The fourth-order valence-electron chi connectivity index (χ4n) is 3.28. The van der Waals surface area contributed by atoms with Crippen molar-refractivity contribution in [2.75, 3.05) is 11.5 Å². The molecule has 0 saturated carbocycles. The van der Waals surface area contributed by atoms with Gasteiger partial charge in [-0.1, -0.05) is 61.5 Å². The SMILES string of the molecule is CC(Cc1coc2nc(N)nc(N)c12)c1ccc(-c2ccccc2)cc1. The van der Waals surface area contributed by atoms with Crippen molar-refractivity contribution in [1.29, 1.82) is 0 Å². The summed E-state index contributed by atoms with van der Waals surface area (Å²) in [6, 6.07) is 19.0. The van der Waals surface area contributed by atoms with Gasteiger partial charge in [0.25, 0.3) is 0 Å². The number of rotatable bonds is 4. The van der Waals surface area contributed by atoms with E-state index in [1.54, 1.807) is 6.26 Å². The maximum Gasteiger partial charge on any atom is 0.233 e. The van der Waals surface area contributed by atoms with E-state index in [1.165, 1.54) is 16.7 Å². The van der Waals surface area contributed by atoms with E-state index in [4.69, 9.17) is 15.9 Å². The van der Waals surface area contributed by atoms with Crippen LogP contribution in [0.1, 0.15) is 24.0 Å². The fraction of sp³-hybridized carbons (Fsp3) is 0.143. The van der Waals surface area contributed by atoms with E-state index >= 15 is 0 Å². The van der Waals surface area contributed by atoms with Gasteiger partial charge < -0.3 is 15.9 Å².